The van der Waals surface area contributed by atoms with Crippen LogP contribution in [0.4, 0.5) is 24.9 Å². The van der Waals surface area contributed by atoms with Gasteiger partial charge in [0, 0.05) is 18.7 Å². The molecule has 2 N–H and O–H groups in total. The second-order valence-corrected chi connectivity index (χ2v) is 5.38. The average molecular weight is 274 g/mol. The molecule has 106 valence electrons. The Morgan fingerprint density at radius 2 is 2.00 bits per heavy atom. The van der Waals surface area contributed by atoms with Gasteiger partial charge >= 0.3 is 6.18 Å². The minimum Gasteiger partial charge on any atom is -0.367 e. The maximum Gasteiger partial charge on any atom is 0.433 e. The van der Waals surface area contributed by atoms with Crippen LogP contribution in [-0.2, 0) is 6.18 Å². The smallest absolute Gasteiger partial charge is 0.367 e. The van der Waals surface area contributed by atoms with Crippen molar-refractivity contribution >= 4 is 11.8 Å². The molecule has 1 saturated carbocycles. The summed E-state index contributed by atoms with van der Waals surface area (Å²) in [5.41, 5.74) is -0.818. The first-order chi connectivity index (χ1) is 8.72. The lowest BCUT2D eigenvalue weighted by molar-refractivity contribution is -0.141. The van der Waals surface area contributed by atoms with Crippen molar-refractivity contribution in [2.24, 2.45) is 5.41 Å². The molecule has 1 aliphatic rings. The van der Waals surface area contributed by atoms with E-state index in [1.54, 1.807) is 6.92 Å². The molecule has 1 aromatic heterocycles. The number of hydrogen-bond donors (Lipinski definition) is 2. The van der Waals surface area contributed by atoms with Crippen LogP contribution in [0.3, 0.4) is 0 Å². The molecule has 1 fully saturated rings. The Morgan fingerprint density at radius 3 is 2.47 bits per heavy atom. The summed E-state index contributed by atoms with van der Waals surface area (Å²) in [6.07, 6.45) is -3.54. The minimum atomic E-state index is -4.47. The summed E-state index contributed by atoms with van der Waals surface area (Å²) in [5.74, 6) is 0.215. The molecule has 0 aliphatic heterocycles. The van der Waals surface area contributed by atoms with Crippen LogP contribution in [0.1, 0.15) is 32.9 Å². The highest BCUT2D eigenvalue weighted by Crippen LogP contribution is 2.46. The van der Waals surface area contributed by atoms with Crippen LogP contribution >= 0.6 is 0 Å². The van der Waals surface area contributed by atoms with E-state index in [1.807, 2.05) is 0 Å². The molecular formula is C12H17F3N4. The van der Waals surface area contributed by atoms with Crippen molar-refractivity contribution in [1.29, 1.82) is 0 Å². The van der Waals surface area contributed by atoms with Gasteiger partial charge in [0.2, 0.25) is 5.95 Å². The van der Waals surface area contributed by atoms with Crippen LogP contribution in [0.5, 0.6) is 0 Å². The van der Waals surface area contributed by atoms with Crippen LogP contribution in [0.25, 0.3) is 0 Å². The molecule has 1 atom stereocenters. The second-order valence-electron chi connectivity index (χ2n) is 5.38. The molecule has 0 radical (unpaired) electrons. The molecule has 19 heavy (non-hydrogen) atoms. The van der Waals surface area contributed by atoms with Gasteiger partial charge in [-0.15, -0.1) is 0 Å². The SMILES string of the molecule is CCNc1nc(NC2CC2(C)C)cc(C(F)(F)F)n1. The standard InChI is InChI=1S/C12H17F3N4/c1-4-16-10-18-7(12(13,14)15)5-9(19-10)17-8-6-11(8,2)3/h5,8H,4,6H2,1-3H3,(H2,16,17,18,19). The Morgan fingerprint density at radius 1 is 1.37 bits per heavy atom. The Balaban J connectivity index is 2.24. The van der Waals surface area contributed by atoms with E-state index in [0.717, 1.165) is 12.5 Å². The van der Waals surface area contributed by atoms with Gasteiger partial charge in [0.25, 0.3) is 0 Å². The van der Waals surface area contributed by atoms with Gasteiger partial charge in [0.05, 0.1) is 0 Å². The monoisotopic (exact) mass is 274 g/mol. The number of halogens is 3. The Bertz CT molecular complexity index is 471. The molecule has 0 bridgehead atoms. The van der Waals surface area contributed by atoms with E-state index in [1.165, 1.54) is 0 Å². The number of nitrogens with zero attached hydrogens (tertiary/aromatic N) is 2. The summed E-state index contributed by atoms with van der Waals surface area (Å²) in [6.45, 7) is 6.36. The summed E-state index contributed by atoms with van der Waals surface area (Å²) < 4.78 is 38.2. The first kappa shape index (κ1) is 13.9. The molecule has 2 rings (SSSR count). The van der Waals surface area contributed by atoms with E-state index in [4.69, 9.17) is 0 Å². The van der Waals surface area contributed by atoms with Crippen molar-refractivity contribution in [2.75, 3.05) is 17.2 Å². The molecule has 0 spiro atoms. The van der Waals surface area contributed by atoms with E-state index in [2.05, 4.69) is 34.4 Å². The Labute approximate surface area is 109 Å². The van der Waals surface area contributed by atoms with Gasteiger partial charge in [-0.25, -0.2) is 4.98 Å². The summed E-state index contributed by atoms with van der Waals surface area (Å²) >= 11 is 0. The summed E-state index contributed by atoms with van der Waals surface area (Å²) in [6, 6.07) is 1.12. The normalized spacial score (nSPS) is 21.1. The first-order valence-electron chi connectivity index (χ1n) is 6.19. The fourth-order valence-electron chi connectivity index (χ4n) is 1.80. The quantitative estimate of drug-likeness (QED) is 0.885. The van der Waals surface area contributed by atoms with Crippen molar-refractivity contribution < 1.29 is 13.2 Å². The van der Waals surface area contributed by atoms with Crippen molar-refractivity contribution in [3.8, 4) is 0 Å². The van der Waals surface area contributed by atoms with Crippen LogP contribution in [0, 0.1) is 5.41 Å². The summed E-state index contributed by atoms with van der Waals surface area (Å²) in [7, 11) is 0. The highest BCUT2D eigenvalue weighted by molar-refractivity contribution is 5.45. The van der Waals surface area contributed by atoms with Crippen molar-refractivity contribution in [3.05, 3.63) is 11.8 Å². The van der Waals surface area contributed by atoms with E-state index in [-0.39, 0.29) is 23.2 Å². The number of nitrogens with one attached hydrogen (secondary N) is 2. The molecule has 1 aromatic rings. The van der Waals surface area contributed by atoms with Gasteiger partial charge in [-0.3, -0.25) is 0 Å². The number of aromatic nitrogens is 2. The number of hydrogen-bond acceptors (Lipinski definition) is 4. The fraction of sp³-hybridized carbons (Fsp3) is 0.667. The molecule has 0 saturated heterocycles. The van der Waals surface area contributed by atoms with Gasteiger partial charge in [0.1, 0.15) is 5.82 Å². The van der Waals surface area contributed by atoms with E-state index >= 15 is 0 Å². The second kappa shape index (κ2) is 4.54. The molecule has 0 amide bonds. The maximum absolute atomic E-state index is 12.7. The zero-order valence-electron chi connectivity index (χ0n) is 11.1. The third-order valence-corrected chi connectivity index (χ3v) is 3.19. The lowest BCUT2D eigenvalue weighted by atomic mass is 10.2. The van der Waals surface area contributed by atoms with Gasteiger partial charge < -0.3 is 10.6 Å². The zero-order chi connectivity index (χ0) is 14.3. The van der Waals surface area contributed by atoms with Gasteiger partial charge in [-0.1, -0.05) is 13.8 Å². The first-order valence-corrected chi connectivity index (χ1v) is 6.19. The van der Waals surface area contributed by atoms with Crippen molar-refractivity contribution in [3.63, 3.8) is 0 Å². The van der Waals surface area contributed by atoms with Crippen LogP contribution in [-0.4, -0.2) is 22.6 Å². The molecule has 1 aliphatic carbocycles. The summed E-state index contributed by atoms with van der Waals surface area (Å²) in [5, 5.41) is 5.74. The largest absolute Gasteiger partial charge is 0.433 e. The molecule has 1 unspecified atom stereocenters. The molecule has 1 heterocycles. The van der Waals surface area contributed by atoms with Gasteiger partial charge in [-0.05, 0) is 18.8 Å². The van der Waals surface area contributed by atoms with E-state index in [0.29, 0.717) is 6.54 Å². The van der Waals surface area contributed by atoms with E-state index < -0.39 is 11.9 Å². The van der Waals surface area contributed by atoms with Crippen LogP contribution in [0.15, 0.2) is 6.07 Å². The predicted molar refractivity (Wildman–Crippen MR) is 67.0 cm³/mol. The zero-order valence-corrected chi connectivity index (χ0v) is 11.1. The Kier molecular flexibility index (Phi) is 3.32. The Hall–Kier alpha value is -1.53. The average Bonchev–Trinajstić information content (AvgIpc) is 2.84. The van der Waals surface area contributed by atoms with Crippen molar-refractivity contribution in [2.45, 2.75) is 39.4 Å². The lowest BCUT2D eigenvalue weighted by Crippen LogP contribution is -2.16. The van der Waals surface area contributed by atoms with Gasteiger partial charge in [0.15, 0.2) is 5.69 Å². The third kappa shape index (κ3) is 3.27. The highest BCUT2D eigenvalue weighted by atomic mass is 19.4. The van der Waals surface area contributed by atoms with Crippen molar-refractivity contribution in [1.82, 2.24) is 9.97 Å². The minimum absolute atomic E-state index is 0.00159. The van der Waals surface area contributed by atoms with Gasteiger partial charge in [-0.2, -0.15) is 18.2 Å². The summed E-state index contributed by atoms with van der Waals surface area (Å²) in [4.78, 5) is 7.52. The molecule has 7 heteroatoms. The lowest BCUT2D eigenvalue weighted by Gasteiger charge is -2.13. The fourth-order valence-corrected chi connectivity index (χ4v) is 1.80. The molecule has 0 aromatic carbocycles. The molecular weight excluding hydrogens is 257 g/mol. The number of rotatable bonds is 4. The van der Waals surface area contributed by atoms with Crippen LogP contribution < -0.4 is 10.6 Å². The maximum atomic E-state index is 12.7. The van der Waals surface area contributed by atoms with E-state index in [9.17, 15) is 13.2 Å². The number of anilines is 2. The van der Waals surface area contributed by atoms with Crippen LogP contribution in [0.2, 0.25) is 0 Å². The topological polar surface area (TPSA) is 49.8 Å². The number of alkyl halides is 3. The highest BCUT2D eigenvalue weighted by Gasteiger charge is 2.46. The predicted octanol–water partition coefficient (Wildman–Crippen LogP) is 3.14. The molecule has 4 nitrogen and oxygen atoms in total. The third-order valence-electron chi connectivity index (χ3n) is 3.19.